The Kier molecular flexibility index (Phi) is 8.58. The minimum atomic E-state index is -4.82. The number of amides is 2. The summed E-state index contributed by atoms with van der Waals surface area (Å²) in [6.45, 7) is 1.21. The van der Waals surface area contributed by atoms with Crippen molar-refractivity contribution in [2.24, 2.45) is 5.92 Å². The monoisotopic (exact) mass is 567 g/mol. The quantitative estimate of drug-likeness (QED) is 0.321. The third-order valence-electron chi connectivity index (χ3n) is 4.60. The average molecular weight is 568 g/mol. The van der Waals surface area contributed by atoms with Gasteiger partial charge in [0.1, 0.15) is 11.7 Å². The molecule has 2 N–H and O–H groups in total. The Hall–Kier alpha value is -2.81. The standard InChI is InChI=1S/C20H15BrF3NO4.H2O4S/c1-11(26)25-17(12-6-8-13(9-7-12)29-20(22,23)24)10-15(19(25)28)18(27)14-4-2-3-5-16(14)21;1-5(2,3)4/h2-9,15,17H,10H2,1H3;(H2,1,2,3,4). The molecule has 3 rings (SSSR count). The number of imide groups is 1. The molecule has 0 aromatic heterocycles. The lowest BCUT2D eigenvalue weighted by molar-refractivity contribution is -0.274. The minimum Gasteiger partial charge on any atom is -0.406 e. The Balaban J connectivity index is 0.000000739. The molecule has 2 amide bonds. The summed E-state index contributed by atoms with van der Waals surface area (Å²) in [6, 6.07) is 10.8. The first-order valence-corrected chi connectivity index (χ1v) is 11.5. The number of hydrogen-bond donors (Lipinski definition) is 2. The Bertz CT molecular complexity index is 1180. The summed E-state index contributed by atoms with van der Waals surface area (Å²) in [5.74, 6) is -3.07. The van der Waals surface area contributed by atoms with Crippen LogP contribution in [0.4, 0.5) is 13.2 Å². The van der Waals surface area contributed by atoms with Crippen molar-refractivity contribution in [2.75, 3.05) is 0 Å². The SMILES string of the molecule is CC(=O)N1C(=O)C(C(=O)c2ccccc2Br)CC1c1ccc(OC(F)(F)F)cc1.O=S(=O)(O)O. The average Bonchev–Trinajstić information content (AvgIpc) is 3.03. The van der Waals surface area contributed by atoms with Crippen molar-refractivity contribution in [2.45, 2.75) is 25.7 Å². The number of alkyl halides is 3. The van der Waals surface area contributed by atoms with Crippen molar-refractivity contribution in [3.63, 3.8) is 0 Å². The summed E-state index contributed by atoms with van der Waals surface area (Å²) in [5.41, 5.74) is 0.759. The van der Waals surface area contributed by atoms with Crippen LogP contribution in [0.3, 0.4) is 0 Å². The molecule has 2 unspecified atom stereocenters. The van der Waals surface area contributed by atoms with Crippen LogP contribution >= 0.6 is 15.9 Å². The zero-order chi connectivity index (χ0) is 25.8. The fourth-order valence-electron chi connectivity index (χ4n) is 3.37. The van der Waals surface area contributed by atoms with Gasteiger partial charge in [-0.3, -0.25) is 28.4 Å². The lowest BCUT2D eigenvalue weighted by atomic mass is 9.92. The van der Waals surface area contributed by atoms with E-state index in [1.165, 1.54) is 19.1 Å². The second-order valence-corrected chi connectivity index (χ2v) is 8.69. The Morgan fingerprint density at radius 2 is 1.62 bits per heavy atom. The number of rotatable bonds is 4. The van der Waals surface area contributed by atoms with Gasteiger partial charge in [-0.1, -0.05) is 46.3 Å². The highest BCUT2D eigenvalue weighted by atomic mass is 79.9. The molecule has 0 spiro atoms. The van der Waals surface area contributed by atoms with E-state index in [1.807, 2.05) is 0 Å². The van der Waals surface area contributed by atoms with E-state index in [2.05, 4.69) is 20.7 Å². The summed E-state index contributed by atoms with van der Waals surface area (Å²) in [7, 11) is -4.67. The van der Waals surface area contributed by atoms with Gasteiger partial charge in [0, 0.05) is 17.0 Å². The molecule has 2 aromatic carbocycles. The third-order valence-corrected chi connectivity index (χ3v) is 5.29. The molecular weight excluding hydrogens is 551 g/mol. The van der Waals surface area contributed by atoms with Crippen LogP contribution < -0.4 is 4.74 Å². The molecule has 2 aromatic rings. The molecule has 1 aliphatic heterocycles. The largest absolute Gasteiger partial charge is 0.573 e. The maximum atomic E-state index is 12.9. The van der Waals surface area contributed by atoms with Gasteiger partial charge >= 0.3 is 16.8 Å². The molecule has 2 atom stereocenters. The molecular formula is C20H17BrF3NO8S. The van der Waals surface area contributed by atoms with Gasteiger partial charge < -0.3 is 4.74 Å². The molecule has 0 radical (unpaired) electrons. The summed E-state index contributed by atoms with van der Waals surface area (Å²) in [4.78, 5) is 38.8. The van der Waals surface area contributed by atoms with Gasteiger partial charge in [-0.15, -0.1) is 13.2 Å². The maximum absolute atomic E-state index is 12.9. The molecule has 14 heteroatoms. The van der Waals surface area contributed by atoms with Crippen molar-refractivity contribution < 1.29 is 49.8 Å². The molecule has 34 heavy (non-hydrogen) atoms. The van der Waals surface area contributed by atoms with Gasteiger partial charge in [0.15, 0.2) is 5.78 Å². The Morgan fingerprint density at radius 3 is 2.09 bits per heavy atom. The molecule has 1 aliphatic rings. The van der Waals surface area contributed by atoms with E-state index in [0.717, 1.165) is 17.0 Å². The van der Waals surface area contributed by atoms with Gasteiger partial charge in [-0.2, -0.15) is 8.42 Å². The fourth-order valence-corrected chi connectivity index (χ4v) is 3.85. The number of carbonyl (C=O) groups excluding carboxylic acids is 3. The van der Waals surface area contributed by atoms with E-state index in [9.17, 15) is 27.6 Å². The van der Waals surface area contributed by atoms with Crippen LogP contribution in [0.2, 0.25) is 0 Å². The first-order valence-electron chi connectivity index (χ1n) is 9.26. The molecule has 1 saturated heterocycles. The number of likely N-dealkylation sites (tertiary alicyclic amines) is 1. The zero-order valence-corrected chi connectivity index (χ0v) is 19.6. The number of benzene rings is 2. The van der Waals surface area contributed by atoms with Crippen molar-refractivity contribution in [1.29, 1.82) is 0 Å². The topological polar surface area (TPSA) is 138 Å². The van der Waals surface area contributed by atoms with Crippen LogP contribution in [0.15, 0.2) is 53.0 Å². The number of halogens is 4. The van der Waals surface area contributed by atoms with E-state index in [1.54, 1.807) is 24.3 Å². The fraction of sp³-hybridized carbons (Fsp3) is 0.250. The van der Waals surface area contributed by atoms with Crippen LogP contribution in [0.1, 0.15) is 35.3 Å². The predicted molar refractivity (Wildman–Crippen MR) is 114 cm³/mol. The number of hydrogen-bond acceptors (Lipinski definition) is 6. The lowest BCUT2D eigenvalue weighted by Gasteiger charge is -2.22. The maximum Gasteiger partial charge on any atom is 0.573 e. The first kappa shape index (κ1) is 27.4. The summed E-state index contributed by atoms with van der Waals surface area (Å²) in [5, 5.41) is 0. The number of ether oxygens (including phenoxy) is 1. The minimum absolute atomic E-state index is 0.0397. The number of carbonyl (C=O) groups is 3. The Morgan fingerprint density at radius 1 is 1.09 bits per heavy atom. The zero-order valence-electron chi connectivity index (χ0n) is 17.2. The van der Waals surface area contributed by atoms with E-state index < -0.39 is 52.1 Å². The van der Waals surface area contributed by atoms with Gasteiger partial charge in [0.05, 0.1) is 6.04 Å². The van der Waals surface area contributed by atoms with Crippen LogP contribution in [0, 0.1) is 5.92 Å². The van der Waals surface area contributed by atoms with Crippen molar-refractivity contribution in [3.05, 3.63) is 64.1 Å². The second-order valence-electron chi connectivity index (χ2n) is 6.94. The van der Waals surface area contributed by atoms with Crippen molar-refractivity contribution >= 4 is 43.9 Å². The van der Waals surface area contributed by atoms with E-state index in [0.29, 0.717) is 15.6 Å². The van der Waals surface area contributed by atoms with Crippen molar-refractivity contribution in [1.82, 2.24) is 4.90 Å². The predicted octanol–water partition coefficient (Wildman–Crippen LogP) is 4.01. The molecule has 9 nitrogen and oxygen atoms in total. The van der Waals surface area contributed by atoms with Gasteiger partial charge in [0.2, 0.25) is 11.8 Å². The second kappa shape index (κ2) is 10.6. The molecule has 184 valence electrons. The molecule has 1 heterocycles. The highest BCUT2D eigenvalue weighted by molar-refractivity contribution is 9.10. The first-order chi connectivity index (χ1) is 15.6. The van der Waals surface area contributed by atoms with E-state index in [4.69, 9.17) is 17.5 Å². The van der Waals surface area contributed by atoms with Gasteiger partial charge in [-0.05, 0) is 30.2 Å². The third kappa shape index (κ3) is 7.62. The summed E-state index contributed by atoms with van der Waals surface area (Å²) < 4.78 is 73.0. The summed E-state index contributed by atoms with van der Waals surface area (Å²) >= 11 is 3.28. The highest BCUT2D eigenvalue weighted by Crippen LogP contribution is 2.39. The Labute approximate surface area is 200 Å². The van der Waals surface area contributed by atoms with Crippen LogP contribution in [0.5, 0.6) is 5.75 Å². The normalized spacial score (nSPS) is 18.2. The number of nitrogens with zero attached hydrogens (tertiary/aromatic N) is 1. The molecule has 0 bridgehead atoms. The van der Waals surface area contributed by atoms with Crippen LogP contribution in [-0.2, 0) is 20.0 Å². The smallest absolute Gasteiger partial charge is 0.406 e. The number of Topliss-reactive ketones (excluding diaryl/α,β-unsaturated/α-hetero) is 1. The molecule has 0 saturated carbocycles. The molecule has 1 fully saturated rings. The summed E-state index contributed by atoms with van der Waals surface area (Å²) in [6.07, 6.45) is -4.78. The number of ketones is 1. The molecule has 0 aliphatic carbocycles. The van der Waals surface area contributed by atoms with E-state index >= 15 is 0 Å². The highest BCUT2D eigenvalue weighted by Gasteiger charge is 2.46. The van der Waals surface area contributed by atoms with Gasteiger partial charge in [-0.25, -0.2) is 0 Å². The van der Waals surface area contributed by atoms with Crippen LogP contribution in [-0.4, -0.2) is 46.4 Å². The lowest BCUT2D eigenvalue weighted by Crippen LogP contribution is -2.35. The van der Waals surface area contributed by atoms with Crippen molar-refractivity contribution in [3.8, 4) is 5.75 Å². The van der Waals surface area contributed by atoms with E-state index in [-0.39, 0.29) is 6.42 Å². The van der Waals surface area contributed by atoms with Crippen LogP contribution in [0.25, 0.3) is 0 Å². The van der Waals surface area contributed by atoms with Gasteiger partial charge in [0.25, 0.3) is 0 Å².